The van der Waals surface area contributed by atoms with Crippen molar-refractivity contribution < 1.29 is 23.4 Å². The minimum atomic E-state index is -0.599. The van der Waals surface area contributed by atoms with Crippen molar-refractivity contribution >= 4 is 22.5 Å². The highest BCUT2D eigenvalue weighted by molar-refractivity contribution is 6.01. The van der Waals surface area contributed by atoms with E-state index in [1.165, 1.54) is 6.07 Å². The van der Waals surface area contributed by atoms with E-state index in [2.05, 4.69) is 10.2 Å². The van der Waals surface area contributed by atoms with Gasteiger partial charge in [-0.3, -0.25) is 14.5 Å². The number of carbonyl (C=O) groups is 1. The van der Waals surface area contributed by atoms with Crippen LogP contribution in [0.5, 0.6) is 11.5 Å². The van der Waals surface area contributed by atoms with E-state index in [0.717, 1.165) is 50.4 Å². The molecule has 222 valence electrons. The number of benzene rings is 3. The lowest BCUT2D eigenvalue weighted by molar-refractivity contribution is 0.0301. The van der Waals surface area contributed by atoms with Gasteiger partial charge in [0.05, 0.1) is 37.5 Å². The van der Waals surface area contributed by atoms with E-state index in [1.54, 1.807) is 11.1 Å². The van der Waals surface area contributed by atoms with Gasteiger partial charge in [-0.25, -0.2) is 4.39 Å². The van der Waals surface area contributed by atoms with Gasteiger partial charge in [-0.05, 0) is 42.3 Å². The Kier molecular flexibility index (Phi) is 7.56. The summed E-state index contributed by atoms with van der Waals surface area (Å²) < 4.78 is 34.8. The van der Waals surface area contributed by atoms with Crippen LogP contribution in [0.2, 0.25) is 0 Å². The monoisotopic (exact) mass is 584 g/mol. The molecule has 0 spiro atoms. The number of nitrogens with zero attached hydrogens (tertiary/aromatic N) is 3. The standard InChI is InChI=1S/C33H33FN4O5/c34-26-20-24-30-32(29(26)35-9-4-10-36-11-15-41-16-12-36)43-28-8-7-23(22-5-2-1-3-6-22)19-27(28)38(30)21-25(31(24)39)33(40)37-13-17-42-18-14-37/h1-3,5-8,19-21,35H,4,9-18H2. The Balaban J connectivity index is 1.32. The summed E-state index contributed by atoms with van der Waals surface area (Å²) in [5.41, 5.74) is 2.73. The molecule has 0 saturated carbocycles. The molecule has 9 nitrogen and oxygen atoms in total. The van der Waals surface area contributed by atoms with Gasteiger partial charge in [0.15, 0.2) is 17.3 Å². The zero-order chi connectivity index (χ0) is 29.3. The van der Waals surface area contributed by atoms with Crippen LogP contribution in [-0.4, -0.2) is 86.0 Å². The summed E-state index contributed by atoms with van der Waals surface area (Å²) in [5.74, 6) is -0.246. The summed E-state index contributed by atoms with van der Waals surface area (Å²) >= 11 is 0. The Morgan fingerprint density at radius 3 is 2.42 bits per heavy atom. The lowest BCUT2D eigenvalue weighted by Crippen LogP contribution is -2.42. The van der Waals surface area contributed by atoms with Gasteiger partial charge in [-0.2, -0.15) is 0 Å². The smallest absolute Gasteiger partial charge is 0.259 e. The molecule has 2 fully saturated rings. The van der Waals surface area contributed by atoms with Crippen LogP contribution in [0.15, 0.2) is 65.6 Å². The molecule has 4 aromatic rings. The molecule has 3 aliphatic rings. The van der Waals surface area contributed by atoms with Gasteiger partial charge < -0.3 is 29.0 Å². The number of fused-ring (bicyclic) bond motifs is 2. The highest BCUT2D eigenvalue weighted by Gasteiger charge is 2.30. The predicted octanol–water partition coefficient (Wildman–Crippen LogP) is 4.51. The minimum Gasteiger partial charge on any atom is -0.451 e. The Labute approximate surface area is 248 Å². The lowest BCUT2D eigenvalue weighted by atomic mass is 10.0. The number of amides is 1. The van der Waals surface area contributed by atoms with Crippen molar-refractivity contribution in [3.05, 3.63) is 82.4 Å². The van der Waals surface area contributed by atoms with Crippen molar-refractivity contribution in [1.82, 2.24) is 14.4 Å². The molecule has 0 atom stereocenters. The number of ether oxygens (including phenoxy) is 3. The van der Waals surface area contributed by atoms with Gasteiger partial charge in [-0.15, -0.1) is 0 Å². The number of anilines is 1. The molecule has 1 amide bonds. The number of halogens is 1. The molecular formula is C33H33FN4O5. The van der Waals surface area contributed by atoms with Crippen molar-refractivity contribution in [3.63, 3.8) is 0 Å². The predicted molar refractivity (Wildman–Crippen MR) is 162 cm³/mol. The molecule has 3 aliphatic heterocycles. The minimum absolute atomic E-state index is 0.0102. The van der Waals surface area contributed by atoms with Gasteiger partial charge in [0.1, 0.15) is 16.8 Å². The fourth-order valence-electron chi connectivity index (χ4n) is 6.02. The number of pyridine rings is 1. The highest BCUT2D eigenvalue weighted by Crippen LogP contribution is 2.46. The number of carbonyl (C=O) groups excluding carboxylic acids is 1. The van der Waals surface area contributed by atoms with E-state index < -0.39 is 17.2 Å². The van der Waals surface area contributed by atoms with Crippen LogP contribution >= 0.6 is 0 Å². The molecule has 0 radical (unpaired) electrons. The average molecular weight is 585 g/mol. The summed E-state index contributed by atoms with van der Waals surface area (Å²) in [6, 6.07) is 16.9. The molecule has 2 saturated heterocycles. The summed E-state index contributed by atoms with van der Waals surface area (Å²) in [7, 11) is 0. The number of morpholine rings is 2. The summed E-state index contributed by atoms with van der Waals surface area (Å²) in [6.07, 6.45) is 2.38. The maximum atomic E-state index is 15.8. The van der Waals surface area contributed by atoms with Crippen molar-refractivity contribution in [3.8, 4) is 28.3 Å². The second-order valence-corrected chi connectivity index (χ2v) is 11.0. The van der Waals surface area contributed by atoms with E-state index in [0.29, 0.717) is 49.8 Å². The van der Waals surface area contributed by atoms with Gasteiger partial charge in [-0.1, -0.05) is 36.4 Å². The first kappa shape index (κ1) is 27.6. The maximum absolute atomic E-state index is 15.8. The number of aromatic nitrogens is 1. The average Bonchev–Trinajstić information content (AvgIpc) is 3.06. The second-order valence-electron chi connectivity index (χ2n) is 11.0. The fraction of sp³-hybridized carbons (Fsp3) is 0.333. The molecular weight excluding hydrogens is 551 g/mol. The first-order chi connectivity index (χ1) is 21.1. The van der Waals surface area contributed by atoms with Crippen LogP contribution in [0, 0.1) is 5.82 Å². The third-order valence-electron chi connectivity index (χ3n) is 8.32. The SMILES string of the molecule is O=C(c1cn2c3c(c(NCCCN4CCOCC4)c(F)cc3c1=O)Oc1ccc(-c3ccccc3)cc1-2)N1CCOCC1. The van der Waals surface area contributed by atoms with E-state index >= 15 is 4.39 Å². The molecule has 7 rings (SSSR count). The van der Waals surface area contributed by atoms with Crippen LogP contribution in [0.25, 0.3) is 27.7 Å². The van der Waals surface area contributed by atoms with Crippen LogP contribution in [0.1, 0.15) is 16.8 Å². The Morgan fingerprint density at radius 1 is 0.907 bits per heavy atom. The van der Waals surface area contributed by atoms with Gasteiger partial charge in [0.2, 0.25) is 5.43 Å². The Morgan fingerprint density at radius 2 is 1.65 bits per heavy atom. The van der Waals surface area contributed by atoms with Crippen LogP contribution in [0.4, 0.5) is 10.1 Å². The lowest BCUT2D eigenvalue weighted by Gasteiger charge is -2.29. The Bertz CT molecular complexity index is 1730. The van der Waals surface area contributed by atoms with Gasteiger partial charge >= 0.3 is 0 Å². The van der Waals surface area contributed by atoms with Crippen molar-refractivity contribution in [2.24, 2.45) is 0 Å². The fourth-order valence-corrected chi connectivity index (χ4v) is 6.02. The van der Waals surface area contributed by atoms with E-state index in [4.69, 9.17) is 14.2 Å². The van der Waals surface area contributed by atoms with Crippen molar-refractivity contribution in [2.75, 3.05) is 71.0 Å². The largest absolute Gasteiger partial charge is 0.451 e. The van der Waals surface area contributed by atoms with Crippen LogP contribution in [-0.2, 0) is 9.47 Å². The maximum Gasteiger partial charge on any atom is 0.259 e. The molecule has 1 N–H and O–H groups in total. The van der Waals surface area contributed by atoms with Gasteiger partial charge in [0.25, 0.3) is 5.91 Å². The zero-order valence-electron chi connectivity index (χ0n) is 23.8. The van der Waals surface area contributed by atoms with Gasteiger partial charge in [0, 0.05) is 38.9 Å². The molecule has 43 heavy (non-hydrogen) atoms. The van der Waals surface area contributed by atoms with Crippen molar-refractivity contribution in [1.29, 1.82) is 0 Å². The van der Waals surface area contributed by atoms with Crippen LogP contribution < -0.4 is 15.5 Å². The molecule has 0 bridgehead atoms. The molecule has 3 aromatic carbocycles. The molecule has 1 aromatic heterocycles. The normalized spacial score (nSPS) is 16.5. The molecule has 0 aliphatic carbocycles. The summed E-state index contributed by atoms with van der Waals surface area (Å²) in [5, 5.41) is 3.34. The third-order valence-corrected chi connectivity index (χ3v) is 8.32. The first-order valence-electron chi connectivity index (χ1n) is 14.8. The van der Waals surface area contributed by atoms with E-state index in [9.17, 15) is 9.59 Å². The molecule has 10 heteroatoms. The number of nitrogens with one attached hydrogen (secondary N) is 1. The number of hydrogen-bond donors (Lipinski definition) is 1. The number of hydrogen-bond acceptors (Lipinski definition) is 7. The topological polar surface area (TPSA) is 85.3 Å². The van der Waals surface area contributed by atoms with E-state index in [1.807, 2.05) is 53.1 Å². The van der Waals surface area contributed by atoms with Crippen molar-refractivity contribution in [2.45, 2.75) is 6.42 Å². The molecule has 4 heterocycles. The third kappa shape index (κ3) is 5.26. The molecule has 0 unspecified atom stereocenters. The number of rotatable bonds is 7. The summed E-state index contributed by atoms with van der Waals surface area (Å²) in [6.45, 7) is 6.21. The first-order valence-corrected chi connectivity index (χ1v) is 14.8. The quantitative estimate of drug-likeness (QED) is 0.282. The van der Waals surface area contributed by atoms with E-state index in [-0.39, 0.29) is 22.4 Å². The highest BCUT2D eigenvalue weighted by atomic mass is 19.1. The van der Waals surface area contributed by atoms with Crippen LogP contribution in [0.3, 0.4) is 0 Å². The second kappa shape index (κ2) is 11.8. The zero-order valence-corrected chi connectivity index (χ0v) is 23.8. The Hall–Kier alpha value is -4.25. The summed E-state index contributed by atoms with van der Waals surface area (Å²) in [4.78, 5) is 31.3.